The number of hydrogen-bond acceptors (Lipinski definition) is 5. The Labute approximate surface area is 242 Å². The third-order valence-corrected chi connectivity index (χ3v) is 7.59. The van der Waals surface area contributed by atoms with Crippen LogP contribution in [0.15, 0.2) is 140 Å². The minimum atomic E-state index is 0.646. The highest BCUT2D eigenvalue weighted by Gasteiger charge is 2.13. The number of aromatic nitrogens is 5. The number of hydrogen-bond donors (Lipinski definition) is 0. The molecule has 5 aromatic carbocycles. The van der Waals surface area contributed by atoms with Crippen LogP contribution in [-0.2, 0) is 0 Å². The van der Waals surface area contributed by atoms with Gasteiger partial charge in [0.05, 0.1) is 11.0 Å². The summed E-state index contributed by atoms with van der Waals surface area (Å²) in [6.07, 6.45) is 3.69. The van der Waals surface area contributed by atoms with Crippen LogP contribution >= 0.6 is 0 Å². The standard InChI is InChI=1S/C37H23N5/c1-3-8-25(9-4-1)35-40-36(26-10-5-2-6-11-26)42-37(41-35)30-16-14-27-22-29(15-13-28(27)23-30)31-19-21-39-34-32(31)18-17-24-12-7-20-38-33(24)34/h1-23H. The number of benzene rings is 5. The Hall–Kier alpha value is -5.81. The first kappa shape index (κ1) is 24.0. The van der Waals surface area contributed by atoms with Crippen LogP contribution in [0.4, 0.5) is 0 Å². The van der Waals surface area contributed by atoms with Crippen molar-refractivity contribution in [2.75, 3.05) is 0 Å². The summed E-state index contributed by atoms with van der Waals surface area (Å²) in [4.78, 5) is 23.9. The highest BCUT2D eigenvalue weighted by Crippen LogP contribution is 2.34. The summed E-state index contributed by atoms with van der Waals surface area (Å²) in [5, 5.41) is 4.43. The zero-order chi connectivity index (χ0) is 27.9. The third kappa shape index (κ3) is 4.25. The minimum absolute atomic E-state index is 0.646. The highest BCUT2D eigenvalue weighted by molar-refractivity contribution is 6.08. The Morgan fingerprint density at radius 1 is 0.357 bits per heavy atom. The quantitative estimate of drug-likeness (QED) is 0.210. The van der Waals surface area contributed by atoms with E-state index in [-0.39, 0.29) is 0 Å². The fourth-order valence-corrected chi connectivity index (χ4v) is 5.50. The number of nitrogens with zero attached hydrogens (tertiary/aromatic N) is 5. The van der Waals surface area contributed by atoms with Gasteiger partial charge in [0.1, 0.15) is 0 Å². The maximum Gasteiger partial charge on any atom is 0.164 e. The normalized spacial score (nSPS) is 11.3. The molecule has 3 aromatic heterocycles. The zero-order valence-electron chi connectivity index (χ0n) is 22.5. The van der Waals surface area contributed by atoms with E-state index in [1.807, 2.05) is 79.1 Å². The summed E-state index contributed by atoms with van der Waals surface area (Å²) in [5.74, 6) is 1.95. The van der Waals surface area contributed by atoms with Gasteiger partial charge in [-0.2, -0.15) is 0 Å². The Bertz CT molecular complexity index is 2190. The average molecular weight is 538 g/mol. The highest BCUT2D eigenvalue weighted by atomic mass is 15.0. The largest absolute Gasteiger partial charge is 0.254 e. The maximum atomic E-state index is 4.90. The van der Waals surface area contributed by atoms with Crippen molar-refractivity contribution in [3.8, 4) is 45.3 Å². The summed E-state index contributed by atoms with van der Waals surface area (Å²) in [6, 6.07) is 43.4. The summed E-state index contributed by atoms with van der Waals surface area (Å²) in [5.41, 5.74) is 6.96. The molecule has 0 unspecified atom stereocenters. The first-order valence-electron chi connectivity index (χ1n) is 13.8. The molecule has 0 N–H and O–H groups in total. The van der Waals surface area contributed by atoms with Crippen LogP contribution in [0.2, 0.25) is 0 Å². The molecule has 3 heterocycles. The van der Waals surface area contributed by atoms with Gasteiger partial charge < -0.3 is 0 Å². The van der Waals surface area contributed by atoms with Gasteiger partial charge in [0.2, 0.25) is 0 Å². The topological polar surface area (TPSA) is 64.5 Å². The second-order valence-electron chi connectivity index (χ2n) is 10.2. The lowest BCUT2D eigenvalue weighted by Crippen LogP contribution is -2.00. The smallest absolute Gasteiger partial charge is 0.164 e. The van der Waals surface area contributed by atoms with Gasteiger partial charge in [-0.15, -0.1) is 0 Å². The van der Waals surface area contributed by atoms with Gasteiger partial charge in [0.25, 0.3) is 0 Å². The van der Waals surface area contributed by atoms with Gasteiger partial charge in [0, 0.05) is 39.9 Å². The molecule has 0 bridgehead atoms. The number of rotatable bonds is 4. The summed E-state index contributed by atoms with van der Waals surface area (Å²) >= 11 is 0. The van der Waals surface area contributed by atoms with E-state index in [9.17, 15) is 0 Å². The van der Waals surface area contributed by atoms with Crippen LogP contribution in [0.1, 0.15) is 0 Å². The lowest BCUT2D eigenvalue weighted by molar-refractivity contribution is 1.07. The van der Waals surface area contributed by atoms with Gasteiger partial charge in [0.15, 0.2) is 17.5 Å². The molecule has 42 heavy (non-hydrogen) atoms. The molecule has 8 aromatic rings. The second-order valence-corrected chi connectivity index (χ2v) is 10.2. The van der Waals surface area contributed by atoms with Crippen molar-refractivity contribution in [3.05, 3.63) is 140 Å². The van der Waals surface area contributed by atoms with E-state index in [0.717, 1.165) is 60.4 Å². The van der Waals surface area contributed by atoms with E-state index in [2.05, 4.69) is 70.6 Å². The predicted molar refractivity (Wildman–Crippen MR) is 170 cm³/mol. The van der Waals surface area contributed by atoms with Crippen molar-refractivity contribution in [2.24, 2.45) is 0 Å². The zero-order valence-corrected chi connectivity index (χ0v) is 22.5. The average Bonchev–Trinajstić information content (AvgIpc) is 3.08. The van der Waals surface area contributed by atoms with Crippen LogP contribution in [0.25, 0.3) is 77.9 Å². The Morgan fingerprint density at radius 3 is 1.62 bits per heavy atom. The molecule has 196 valence electrons. The molecular formula is C37H23N5. The van der Waals surface area contributed by atoms with Crippen LogP contribution in [0, 0.1) is 0 Å². The fourth-order valence-electron chi connectivity index (χ4n) is 5.50. The molecule has 5 nitrogen and oxygen atoms in total. The SMILES string of the molecule is c1ccc(-c2nc(-c3ccccc3)nc(-c3ccc4cc(-c5ccnc6c5ccc5cccnc56)ccc4c3)n2)cc1. The summed E-state index contributed by atoms with van der Waals surface area (Å²) < 4.78 is 0. The monoisotopic (exact) mass is 537 g/mol. The van der Waals surface area contributed by atoms with E-state index in [4.69, 9.17) is 15.0 Å². The van der Waals surface area contributed by atoms with Crippen LogP contribution in [0.5, 0.6) is 0 Å². The Kier molecular flexibility index (Phi) is 5.71. The van der Waals surface area contributed by atoms with Crippen LogP contribution in [0.3, 0.4) is 0 Å². The Balaban J connectivity index is 1.23. The molecule has 0 radical (unpaired) electrons. The van der Waals surface area contributed by atoms with Crippen LogP contribution in [-0.4, -0.2) is 24.9 Å². The van der Waals surface area contributed by atoms with Crippen molar-refractivity contribution >= 4 is 32.6 Å². The van der Waals surface area contributed by atoms with Gasteiger partial charge in [-0.05, 0) is 46.2 Å². The molecule has 0 spiro atoms. The molecule has 0 saturated heterocycles. The van der Waals surface area contributed by atoms with E-state index in [1.54, 1.807) is 0 Å². The minimum Gasteiger partial charge on any atom is -0.254 e. The van der Waals surface area contributed by atoms with Gasteiger partial charge in [-0.3, -0.25) is 9.97 Å². The van der Waals surface area contributed by atoms with Crippen molar-refractivity contribution in [1.29, 1.82) is 0 Å². The van der Waals surface area contributed by atoms with Gasteiger partial charge >= 0.3 is 0 Å². The fraction of sp³-hybridized carbons (Fsp3) is 0. The lowest BCUT2D eigenvalue weighted by atomic mass is 9.97. The summed E-state index contributed by atoms with van der Waals surface area (Å²) in [6.45, 7) is 0. The molecule has 8 rings (SSSR count). The molecule has 5 heteroatoms. The molecule has 0 atom stereocenters. The first-order chi connectivity index (χ1) is 20.8. The molecular weight excluding hydrogens is 514 g/mol. The van der Waals surface area contributed by atoms with E-state index < -0.39 is 0 Å². The second kappa shape index (κ2) is 9.98. The molecule has 0 aliphatic rings. The van der Waals surface area contributed by atoms with Crippen molar-refractivity contribution < 1.29 is 0 Å². The number of fused-ring (bicyclic) bond motifs is 4. The lowest BCUT2D eigenvalue weighted by Gasteiger charge is -2.11. The van der Waals surface area contributed by atoms with Crippen LogP contribution < -0.4 is 0 Å². The summed E-state index contributed by atoms with van der Waals surface area (Å²) in [7, 11) is 0. The van der Waals surface area contributed by atoms with Crippen molar-refractivity contribution in [1.82, 2.24) is 24.9 Å². The molecule has 0 amide bonds. The predicted octanol–water partition coefficient (Wildman–Crippen LogP) is 8.79. The first-order valence-corrected chi connectivity index (χ1v) is 13.8. The van der Waals surface area contributed by atoms with E-state index in [1.165, 1.54) is 0 Å². The molecule has 0 saturated carbocycles. The number of pyridine rings is 2. The van der Waals surface area contributed by atoms with E-state index >= 15 is 0 Å². The molecule has 0 aliphatic heterocycles. The van der Waals surface area contributed by atoms with Crippen molar-refractivity contribution in [2.45, 2.75) is 0 Å². The maximum absolute atomic E-state index is 4.90. The van der Waals surface area contributed by atoms with Crippen molar-refractivity contribution in [3.63, 3.8) is 0 Å². The van der Waals surface area contributed by atoms with Gasteiger partial charge in [-0.1, -0.05) is 103 Å². The Morgan fingerprint density at radius 2 is 0.929 bits per heavy atom. The molecule has 0 aliphatic carbocycles. The third-order valence-electron chi connectivity index (χ3n) is 7.59. The van der Waals surface area contributed by atoms with Gasteiger partial charge in [-0.25, -0.2) is 15.0 Å². The molecule has 0 fully saturated rings. The van der Waals surface area contributed by atoms with E-state index in [0.29, 0.717) is 17.5 Å².